The number of ether oxygens (including phenoxy) is 1. The third-order valence-electron chi connectivity index (χ3n) is 11.0. The molecular weight excluding hydrogens is 316 g/mol. The van der Waals surface area contributed by atoms with Gasteiger partial charge in [-0.25, -0.2) is 0 Å². The summed E-state index contributed by atoms with van der Waals surface area (Å²) in [6.07, 6.45) is 17.1. The van der Waals surface area contributed by atoms with E-state index in [2.05, 4.69) is 39.8 Å². The van der Waals surface area contributed by atoms with Crippen molar-refractivity contribution in [2.75, 3.05) is 7.11 Å². The van der Waals surface area contributed by atoms with Crippen LogP contribution in [0.3, 0.4) is 0 Å². The van der Waals surface area contributed by atoms with Crippen molar-refractivity contribution in [2.45, 2.75) is 85.2 Å². The van der Waals surface area contributed by atoms with E-state index < -0.39 is 0 Å². The van der Waals surface area contributed by atoms with Gasteiger partial charge in [0.15, 0.2) is 0 Å². The lowest BCUT2D eigenvalue weighted by Gasteiger charge is -2.61. The van der Waals surface area contributed by atoms with E-state index in [1.54, 1.807) is 0 Å². The molecular formula is C25H40O. The van der Waals surface area contributed by atoms with Crippen molar-refractivity contribution in [1.29, 1.82) is 0 Å². The van der Waals surface area contributed by atoms with E-state index in [9.17, 15) is 0 Å². The maximum atomic E-state index is 6.25. The van der Waals surface area contributed by atoms with Gasteiger partial charge in [0, 0.05) is 12.5 Å². The van der Waals surface area contributed by atoms with Gasteiger partial charge in [-0.05, 0) is 105 Å². The highest BCUT2D eigenvalue weighted by Crippen LogP contribution is 2.82. The first kappa shape index (κ1) is 17.8. The fraction of sp³-hybridized carbons (Fsp3) is 0.920. The van der Waals surface area contributed by atoms with Crippen molar-refractivity contribution < 1.29 is 4.74 Å². The van der Waals surface area contributed by atoms with E-state index in [1.807, 2.05) is 7.11 Å². The van der Waals surface area contributed by atoms with Gasteiger partial charge in [0.25, 0.3) is 0 Å². The van der Waals surface area contributed by atoms with E-state index >= 15 is 0 Å². The Morgan fingerprint density at radius 1 is 1.04 bits per heavy atom. The van der Waals surface area contributed by atoms with Gasteiger partial charge in [-0.3, -0.25) is 0 Å². The zero-order chi connectivity index (χ0) is 18.3. The van der Waals surface area contributed by atoms with Gasteiger partial charge in [-0.1, -0.05) is 32.9 Å². The lowest BCUT2D eigenvalue weighted by atomic mass is 9.45. The Balaban J connectivity index is 1.48. The first-order chi connectivity index (χ1) is 12.4. The predicted octanol–water partition coefficient (Wildman–Crippen LogP) is 6.48. The summed E-state index contributed by atoms with van der Waals surface area (Å²) in [5.74, 6) is 5.49. The molecule has 0 bridgehead atoms. The second-order valence-electron chi connectivity index (χ2n) is 11.3. The highest BCUT2D eigenvalue weighted by Gasteiger charge is 2.77. The van der Waals surface area contributed by atoms with Crippen LogP contribution < -0.4 is 0 Å². The summed E-state index contributed by atoms with van der Waals surface area (Å²) in [6, 6.07) is 0. The van der Waals surface area contributed by atoms with Gasteiger partial charge >= 0.3 is 0 Å². The van der Waals surface area contributed by atoms with Crippen molar-refractivity contribution in [1.82, 2.24) is 0 Å². The topological polar surface area (TPSA) is 9.23 Å². The Morgan fingerprint density at radius 3 is 2.54 bits per heavy atom. The van der Waals surface area contributed by atoms with Crippen LogP contribution in [0, 0.1) is 51.8 Å². The van der Waals surface area contributed by atoms with Crippen LogP contribution in [-0.4, -0.2) is 13.2 Å². The minimum absolute atomic E-state index is 0.551. The molecule has 0 unspecified atom stereocenters. The highest BCUT2D eigenvalue weighted by atomic mass is 16.5. The average Bonchev–Trinajstić information content (AvgIpc) is 3.12. The number of allylic oxidation sites excluding steroid dienone is 2. The van der Waals surface area contributed by atoms with E-state index in [-0.39, 0.29) is 0 Å². The zero-order valence-electron chi connectivity index (χ0n) is 17.8. The molecule has 0 N–H and O–H groups in total. The van der Waals surface area contributed by atoms with Crippen molar-refractivity contribution >= 4 is 0 Å². The lowest BCUT2D eigenvalue weighted by Crippen LogP contribution is -2.57. The summed E-state index contributed by atoms with van der Waals surface area (Å²) in [6.45, 7) is 10.0. The second-order valence-corrected chi connectivity index (χ2v) is 11.3. The Morgan fingerprint density at radius 2 is 1.85 bits per heavy atom. The van der Waals surface area contributed by atoms with E-state index in [1.165, 1.54) is 51.4 Å². The highest BCUT2D eigenvalue weighted by molar-refractivity contribution is 5.26. The van der Waals surface area contributed by atoms with E-state index in [0.717, 1.165) is 35.5 Å². The van der Waals surface area contributed by atoms with Crippen molar-refractivity contribution in [2.24, 2.45) is 51.8 Å². The minimum atomic E-state index is 0.551. The number of hydrogen-bond acceptors (Lipinski definition) is 1. The zero-order valence-corrected chi connectivity index (χ0v) is 17.8. The van der Waals surface area contributed by atoms with Crippen LogP contribution in [0.25, 0.3) is 0 Å². The molecule has 1 nitrogen and oxygen atoms in total. The molecule has 5 aliphatic carbocycles. The van der Waals surface area contributed by atoms with Gasteiger partial charge in [0.2, 0.25) is 0 Å². The molecule has 0 aromatic carbocycles. The summed E-state index contributed by atoms with van der Waals surface area (Å²) >= 11 is 0. The number of rotatable bonds is 3. The predicted molar refractivity (Wildman–Crippen MR) is 108 cm³/mol. The molecule has 0 aliphatic heterocycles. The summed E-state index contributed by atoms with van der Waals surface area (Å²) in [4.78, 5) is 0. The van der Waals surface area contributed by atoms with Gasteiger partial charge in [-0.15, -0.1) is 0 Å². The fourth-order valence-electron chi connectivity index (χ4n) is 9.92. The molecule has 146 valence electrons. The molecule has 5 aliphatic rings. The van der Waals surface area contributed by atoms with Crippen molar-refractivity contribution in [3.63, 3.8) is 0 Å². The van der Waals surface area contributed by atoms with Crippen molar-refractivity contribution in [3.8, 4) is 0 Å². The summed E-state index contributed by atoms with van der Waals surface area (Å²) in [5, 5.41) is 0. The standard InChI is InChI=1S/C25H40O/c1-6-7-16(2)19-8-9-20-18-14-22(26-5)25-15-17(25)10-13-24(25,4)21(18)11-12-23(19,20)3/h6-7,16-22H,8-15H2,1-5H3/b7-6-/t16-,17-,18+,19-,20+,21+,22-,23-,24-,25+/m1/s1. The molecule has 0 radical (unpaired) electrons. The van der Waals surface area contributed by atoms with E-state index in [4.69, 9.17) is 4.74 Å². The summed E-state index contributed by atoms with van der Waals surface area (Å²) in [5.41, 5.74) is 1.73. The normalized spacial score (nSPS) is 58.8. The lowest BCUT2D eigenvalue weighted by molar-refractivity contribution is -0.160. The van der Waals surface area contributed by atoms with Crippen LogP contribution in [-0.2, 0) is 4.74 Å². The van der Waals surface area contributed by atoms with Gasteiger partial charge in [0.05, 0.1) is 6.10 Å². The molecule has 1 spiro atoms. The average molecular weight is 357 g/mol. The molecule has 0 amide bonds. The third-order valence-corrected chi connectivity index (χ3v) is 11.0. The largest absolute Gasteiger partial charge is 0.381 e. The number of hydrogen-bond donors (Lipinski definition) is 0. The Labute approximate surface area is 161 Å². The SMILES string of the molecule is C/C=C\[C@@H](C)[C@H]1CC[C@H]2[C@@H]3C[C@@H](OC)[C@]45C[C@H]4CC[C@]5(C)[C@H]3CC[C@]12C. The first-order valence-corrected chi connectivity index (χ1v) is 11.6. The van der Waals surface area contributed by atoms with E-state index in [0.29, 0.717) is 22.3 Å². The van der Waals surface area contributed by atoms with Gasteiger partial charge in [-0.2, -0.15) is 0 Å². The van der Waals surface area contributed by atoms with Crippen LogP contribution in [0.1, 0.15) is 79.1 Å². The molecule has 5 fully saturated rings. The minimum Gasteiger partial charge on any atom is -0.381 e. The quantitative estimate of drug-likeness (QED) is 0.526. The Hall–Kier alpha value is -0.300. The van der Waals surface area contributed by atoms with Crippen LogP contribution in [0.2, 0.25) is 0 Å². The molecule has 5 saturated carbocycles. The van der Waals surface area contributed by atoms with Crippen LogP contribution >= 0.6 is 0 Å². The van der Waals surface area contributed by atoms with Crippen LogP contribution in [0.5, 0.6) is 0 Å². The molecule has 5 rings (SSSR count). The Kier molecular flexibility index (Phi) is 3.84. The third kappa shape index (κ3) is 1.92. The molecule has 0 heterocycles. The molecule has 0 aromatic rings. The molecule has 0 saturated heterocycles. The first-order valence-electron chi connectivity index (χ1n) is 11.6. The number of fused-ring (bicyclic) bond motifs is 4. The monoisotopic (exact) mass is 356 g/mol. The Bertz CT molecular complexity index is 609. The molecule has 0 aromatic heterocycles. The van der Waals surface area contributed by atoms with Crippen molar-refractivity contribution in [3.05, 3.63) is 12.2 Å². The van der Waals surface area contributed by atoms with Gasteiger partial charge < -0.3 is 4.74 Å². The molecule has 1 heteroatoms. The second kappa shape index (κ2) is 5.62. The smallest absolute Gasteiger partial charge is 0.0638 e. The van der Waals surface area contributed by atoms with Crippen LogP contribution in [0.15, 0.2) is 12.2 Å². The molecule has 26 heavy (non-hydrogen) atoms. The fourth-order valence-corrected chi connectivity index (χ4v) is 9.92. The van der Waals surface area contributed by atoms with Gasteiger partial charge in [0.1, 0.15) is 0 Å². The maximum absolute atomic E-state index is 6.25. The summed E-state index contributed by atoms with van der Waals surface area (Å²) in [7, 11) is 2.02. The number of methoxy groups -OCH3 is 1. The summed E-state index contributed by atoms with van der Waals surface area (Å²) < 4.78 is 6.25. The van der Waals surface area contributed by atoms with Crippen LogP contribution in [0.4, 0.5) is 0 Å². The maximum Gasteiger partial charge on any atom is 0.0638 e. The molecule has 10 atom stereocenters.